The minimum Gasteiger partial charge on any atom is -0.493 e. The van der Waals surface area contributed by atoms with Gasteiger partial charge in [0.25, 0.3) is 11.8 Å². The van der Waals surface area contributed by atoms with Crippen LogP contribution in [0, 0.1) is 0 Å². The Morgan fingerprint density at radius 2 is 1.62 bits per heavy atom. The van der Waals surface area contributed by atoms with Crippen LogP contribution in [0.2, 0.25) is 0 Å². The van der Waals surface area contributed by atoms with Crippen LogP contribution in [0.15, 0.2) is 89.7 Å². The second kappa shape index (κ2) is 12.0. The molecule has 0 saturated heterocycles. The molecular formula is C27H28N4O3. The number of hydrogen-bond acceptors (Lipinski definition) is 5. The molecule has 2 amide bonds. The number of amides is 2. The second-order valence-electron chi connectivity index (χ2n) is 7.53. The summed E-state index contributed by atoms with van der Waals surface area (Å²) in [6.45, 7) is 2.41. The molecule has 0 unspecified atom stereocenters. The normalized spacial score (nSPS) is 11.2. The molecule has 3 aromatic rings. The minimum absolute atomic E-state index is 0.0710. The Hall–Kier alpha value is -4.39. The van der Waals surface area contributed by atoms with Gasteiger partial charge >= 0.3 is 0 Å². The van der Waals surface area contributed by atoms with Crippen LogP contribution in [-0.4, -0.2) is 38.7 Å². The molecule has 0 fully saturated rings. The summed E-state index contributed by atoms with van der Waals surface area (Å²) in [6.07, 6.45) is 3.12. The van der Waals surface area contributed by atoms with E-state index in [4.69, 9.17) is 4.74 Å². The number of hydrazone groups is 1. The highest BCUT2D eigenvalue weighted by atomic mass is 16.5. The van der Waals surface area contributed by atoms with E-state index in [1.54, 1.807) is 30.3 Å². The van der Waals surface area contributed by atoms with E-state index < -0.39 is 11.8 Å². The van der Waals surface area contributed by atoms with E-state index in [1.807, 2.05) is 80.5 Å². The first-order valence-electron chi connectivity index (χ1n) is 10.9. The lowest BCUT2D eigenvalue weighted by Gasteiger charge is -2.13. The highest BCUT2D eigenvalue weighted by Gasteiger charge is 2.14. The molecule has 34 heavy (non-hydrogen) atoms. The van der Waals surface area contributed by atoms with E-state index in [2.05, 4.69) is 15.8 Å². The smallest absolute Gasteiger partial charge is 0.287 e. The summed E-state index contributed by atoms with van der Waals surface area (Å²) in [6, 6.07) is 23.7. The van der Waals surface area contributed by atoms with Gasteiger partial charge in [0.05, 0.1) is 12.8 Å². The average molecular weight is 457 g/mol. The third-order valence-corrected chi connectivity index (χ3v) is 4.84. The quantitative estimate of drug-likeness (QED) is 0.289. The van der Waals surface area contributed by atoms with E-state index in [9.17, 15) is 9.59 Å². The molecule has 2 N–H and O–H groups in total. The molecule has 174 valence electrons. The van der Waals surface area contributed by atoms with Crippen LogP contribution < -0.4 is 20.4 Å². The first-order chi connectivity index (χ1) is 16.5. The van der Waals surface area contributed by atoms with Crippen molar-refractivity contribution in [1.82, 2.24) is 10.7 Å². The molecule has 0 saturated carbocycles. The molecule has 0 aromatic heterocycles. The summed E-state index contributed by atoms with van der Waals surface area (Å²) in [5.41, 5.74) is 5.51. The van der Waals surface area contributed by atoms with Crippen LogP contribution in [0.3, 0.4) is 0 Å². The average Bonchev–Trinajstić information content (AvgIpc) is 2.85. The van der Waals surface area contributed by atoms with Crippen molar-refractivity contribution in [2.24, 2.45) is 5.10 Å². The minimum atomic E-state index is -0.550. The number of nitrogens with zero attached hydrogens (tertiary/aromatic N) is 2. The second-order valence-corrected chi connectivity index (χ2v) is 7.53. The molecule has 0 spiro atoms. The Morgan fingerprint density at radius 1 is 0.941 bits per heavy atom. The number of carbonyl (C=O) groups is 2. The van der Waals surface area contributed by atoms with Crippen LogP contribution in [0.5, 0.6) is 5.75 Å². The van der Waals surface area contributed by atoms with Gasteiger partial charge < -0.3 is 15.0 Å². The predicted molar refractivity (Wildman–Crippen MR) is 136 cm³/mol. The zero-order chi connectivity index (χ0) is 24.3. The topological polar surface area (TPSA) is 83.0 Å². The molecule has 3 aromatic carbocycles. The summed E-state index contributed by atoms with van der Waals surface area (Å²) >= 11 is 0. The highest BCUT2D eigenvalue weighted by Crippen LogP contribution is 2.16. The fraction of sp³-hybridized carbons (Fsp3) is 0.148. The van der Waals surface area contributed by atoms with Gasteiger partial charge in [0.15, 0.2) is 0 Å². The van der Waals surface area contributed by atoms with Crippen LogP contribution in [-0.2, 0) is 4.79 Å². The molecule has 0 bridgehead atoms. The maximum atomic E-state index is 12.9. The van der Waals surface area contributed by atoms with Crippen molar-refractivity contribution < 1.29 is 14.3 Å². The summed E-state index contributed by atoms with van der Waals surface area (Å²) in [5.74, 6) is -0.277. The molecule has 7 heteroatoms. The molecular weight excluding hydrogens is 428 g/mol. The van der Waals surface area contributed by atoms with Gasteiger partial charge in [-0.3, -0.25) is 9.59 Å². The Labute approximate surface area is 199 Å². The molecule has 0 radical (unpaired) electrons. The Bertz CT molecular complexity index is 1170. The van der Waals surface area contributed by atoms with Crippen molar-refractivity contribution in [2.45, 2.75) is 6.92 Å². The summed E-state index contributed by atoms with van der Waals surface area (Å²) in [4.78, 5) is 27.6. The fourth-order valence-corrected chi connectivity index (χ4v) is 3.07. The zero-order valence-electron chi connectivity index (χ0n) is 19.5. The number of ether oxygens (including phenoxy) is 1. The monoisotopic (exact) mass is 456 g/mol. The lowest BCUT2D eigenvalue weighted by molar-refractivity contribution is -0.117. The Morgan fingerprint density at radius 3 is 2.29 bits per heavy atom. The van der Waals surface area contributed by atoms with Gasteiger partial charge in [-0.15, -0.1) is 0 Å². The van der Waals surface area contributed by atoms with Crippen molar-refractivity contribution in [1.29, 1.82) is 0 Å². The van der Waals surface area contributed by atoms with E-state index in [-0.39, 0.29) is 5.70 Å². The number of para-hydroxylation sites is 1. The number of anilines is 1. The molecule has 0 aliphatic heterocycles. The third kappa shape index (κ3) is 6.80. The van der Waals surface area contributed by atoms with Crippen molar-refractivity contribution in [3.05, 3.63) is 101 Å². The van der Waals surface area contributed by atoms with Gasteiger partial charge in [0, 0.05) is 30.9 Å². The number of rotatable bonds is 9. The fourth-order valence-electron chi connectivity index (χ4n) is 3.07. The maximum Gasteiger partial charge on any atom is 0.287 e. The number of carbonyl (C=O) groups excluding carboxylic acids is 2. The Kier molecular flexibility index (Phi) is 8.57. The standard InChI is InChI=1S/C27H28N4O3/c1-4-34-25-13-9-8-12-22(25)19-28-30-27(33)24(29-26(32)21-10-6-5-7-11-21)18-20-14-16-23(17-15-20)31(2)3/h5-19H,4H2,1-3H3,(H,29,32)(H,30,33)/b24-18+,28-19+. The summed E-state index contributed by atoms with van der Waals surface area (Å²) < 4.78 is 5.57. The highest BCUT2D eigenvalue weighted by molar-refractivity contribution is 6.05. The van der Waals surface area contributed by atoms with Gasteiger partial charge in [0.2, 0.25) is 0 Å². The first-order valence-corrected chi connectivity index (χ1v) is 10.9. The van der Waals surface area contributed by atoms with Gasteiger partial charge in [0.1, 0.15) is 11.4 Å². The predicted octanol–water partition coefficient (Wildman–Crippen LogP) is 4.07. The van der Waals surface area contributed by atoms with Gasteiger partial charge in [-0.05, 0) is 55.0 Å². The molecule has 3 rings (SSSR count). The first kappa shape index (κ1) is 24.3. The lowest BCUT2D eigenvalue weighted by Crippen LogP contribution is -2.32. The maximum absolute atomic E-state index is 12.9. The molecule has 0 atom stereocenters. The number of hydrogen-bond donors (Lipinski definition) is 2. The van der Waals surface area contributed by atoms with Crippen molar-refractivity contribution in [3.8, 4) is 5.75 Å². The van der Waals surface area contributed by atoms with Gasteiger partial charge in [-0.1, -0.05) is 42.5 Å². The summed E-state index contributed by atoms with van der Waals surface area (Å²) in [5, 5.41) is 6.76. The third-order valence-electron chi connectivity index (χ3n) is 4.84. The van der Waals surface area contributed by atoms with Gasteiger partial charge in [-0.25, -0.2) is 5.43 Å². The van der Waals surface area contributed by atoms with Crippen LogP contribution in [0.4, 0.5) is 5.69 Å². The largest absolute Gasteiger partial charge is 0.493 e. The Balaban J connectivity index is 1.82. The zero-order valence-corrected chi connectivity index (χ0v) is 19.5. The molecule has 0 aliphatic carbocycles. The molecule has 0 aliphatic rings. The lowest BCUT2D eigenvalue weighted by atomic mass is 10.1. The van der Waals surface area contributed by atoms with Gasteiger partial charge in [-0.2, -0.15) is 5.10 Å². The van der Waals surface area contributed by atoms with E-state index in [0.717, 1.165) is 16.8 Å². The van der Waals surface area contributed by atoms with E-state index in [1.165, 1.54) is 6.21 Å². The number of benzene rings is 3. The van der Waals surface area contributed by atoms with Crippen molar-refractivity contribution in [2.75, 3.05) is 25.6 Å². The van der Waals surface area contributed by atoms with Crippen LogP contribution in [0.1, 0.15) is 28.4 Å². The van der Waals surface area contributed by atoms with Crippen molar-refractivity contribution in [3.63, 3.8) is 0 Å². The van der Waals surface area contributed by atoms with Crippen LogP contribution >= 0.6 is 0 Å². The SMILES string of the molecule is CCOc1ccccc1/C=N/NC(=O)/C(=C\c1ccc(N(C)C)cc1)NC(=O)c1ccccc1. The molecule has 7 nitrogen and oxygen atoms in total. The van der Waals surface area contributed by atoms with E-state index >= 15 is 0 Å². The van der Waals surface area contributed by atoms with E-state index in [0.29, 0.717) is 17.9 Å². The number of nitrogens with one attached hydrogen (secondary N) is 2. The van der Waals surface area contributed by atoms with Crippen LogP contribution in [0.25, 0.3) is 6.08 Å². The molecule has 0 heterocycles. The summed E-state index contributed by atoms with van der Waals surface area (Å²) in [7, 11) is 3.90. The van der Waals surface area contributed by atoms with Crippen molar-refractivity contribution >= 4 is 29.8 Å².